The van der Waals surface area contributed by atoms with Gasteiger partial charge in [0.15, 0.2) is 0 Å². The van der Waals surface area contributed by atoms with Crippen LogP contribution < -0.4 is 4.90 Å². The summed E-state index contributed by atoms with van der Waals surface area (Å²) in [6.45, 7) is 0. The van der Waals surface area contributed by atoms with E-state index in [2.05, 4.69) is 193 Å². The Morgan fingerprint density at radius 1 is 0.300 bits per heavy atom. The molecule has 0 bridgehead atoms. The molecule has 0 aliphatic rings. The third kappa shape index (κ3) is 4.76. The molecular weight excluding hydrogens is 623 g/mol. The number of thiophene rings is 1. The molecule has 10 rings (SSSR count). The van der Waals surface area contributed by atoms with Crippen LogP contribution in [0.15, 0.2) is 188 Å². The first-order chi connectivity index (χ1) is 24.8. The van der Waals surface area contributed by atoms with Gasteiger partial charge in [-0.1, -0.05) is 133 Å². The number of nitrogens with zero attached hydrogens (tertiary/aromatic N) is 1. The van der Waals surface area contributed by atoms with Gasteiger partial charge in [0.05, 0.1) is 0 Å². The highest BCUT2D eigenvalue weighted by Gasteiger charge is 2.18. The maximum atomic E-state index is 2.42. The highest BCUT2D eigenvalue weighted by atomic mass is 32.1. The number of hydrogen-bond acceptors (Lipinski definition) is 2. The molecule has 1 heterocycles. The first-order valence-corrected chi connectivity index (χ1v) is 17.9. The summed E-state index contributed by atoms with van der Waals surface area (Å²) in [5.74, 6) is 0. The molecule has 50 heavy (non-hydrogen) atoms. The van der Waals surface area contributed by atoms with Crippen molar-refractivity contribution >= 4 is 80.9 Å². The number of anilines is 3. The van der Waals surface area contributed by atoms with Gasteiger partial charge in [-0.3, -0.25) is 0 Å². The van der Waals surface area contributed by atoms with Gasteiger partial charge in [0.1, 0.15) is 0 Å². The summed E-state index contributed by atoms with van der Waals surface area (Å²) in [5.41, 5.74) is 8.25. The third-order valence-corrected chi connectivity index (χ3v) is 11.2. The Kier molecular flexibility index (Phi) is 6.75. The SMILES string of the molecule is c1cc(-c2cccc3ccccc23)cc(N(c2cccc(-c3cc4ccccc4c4ccccc34)c2)c2ccc3sc4ccccc4c3c2)c1. The minimum absolute atomic E-state index is 1.12. The lowest BCUT2D eigenvalue weighted by atomic mass is 9.93. The average Bonchev–Trinajstić information content (AvgIpc) is 3.56. The zero-order valence-electron chi connectivity index (χ0n) is 27.3. The van der Waals surface area contributed by atoms with Crippen LogP contribution >= 0.6 is 11.3 Å². The van der Waals surface area contributed by atoms with E-state index >= 15 is 0 Å². The molecule has 1 aromatic heterocycles. The molecule has 0 radical (unpaired) electrons. The Balaban J connectivity index is 1.19. The van der Waals surface area contributed by atoms with E-state index in [4.69, 9.17) is 0 Å². The second-order valence-corrected chi connectivity index (χ2v) is 14.0. The van der Waals surface area contributed by atoms with Crippen LogP contribution in [0.4, 0.5) is 17.1 Å². The standard InChI is InChI=1S/C48H31NS/c1-3-19-39-32(12-1)14-11-24-40(39)33-15-9-17-36(28-33)49(38-26-27-48-46(31-38)44-23-7-8-25-47(44)50-48)37-18-10-16-34(29-37)45-30-35-13-2-4-20-41(35)42-21-5-6-22-43(42)45/h1-31H. The third-order valence-electron chi connectivity index (χ3n) is 10.0. The average molecular weight is 654 g/mol. The molecule has 0 saturated heterocycles. The van der Waals surface area contributed by atoms with E-state index in [1.807, 2.05) is 11.3 Å². The minimum Gasteiger partial charge on any atom is -0.310 e. The normalized spacial score (nSPS) is 11.6. The van der Waals surface area contributed by atoms with Crippen LogP contribution in [-0.2, 0) is 0 Å². The molecule has 0 fully saturated rings. The quantitative estimate of drug-likeness (QED) is 0.167. The molecule has 0 aliphatic heterocycles. The highest BCUT2D eigenvalue weighted by molar-refractivity contribution is 7.25. The number of benzene rings is 9. The lowest BCUT2D eigenvalue weighted by Gasteiger charge is -2.27. The van der Waals surface area contributed by atoms with E-state index in [0.717, 1.165) is 17.1 Å². The summed E-state index contributed by atoms with van der Waals surface area (Å²) in [5, 5.41) is 10.2. The minimum atomic E-state index is 1.12. The summed E-state index contributed by atoms with van der Waals surface area (Å²) in [4.78, 5) is 2.42. The number of hydrogen-bond donors (Lipinski definition) is 0. The van der Waals surface area contributed by atoms with Crippen LogP contribution in [0.1, 0.15) is 0 Å². The molecule has 10 aromatic rings. The zero-order valence-corrected chi connectivity index (χ0v) is 28.1. The number of rotatable bonds is 5. The maximum absolute atomic E-state index is 2.42. The van der Waals surface area contributed by atoms with Gasteiger partial charge in [0.2, 0.25) is 0 Å². The molecule has 1 nitrogen and oxygen atoms in total. The number of fused-ring (bicyclic) bond motifs is 7. The van der Waals surface area contributed by atoms with Crippen molar-refractivity contribution in [2.45, 2.75) is 0 Å². The Morgan fingerprint density at radius 2 is 0.860 bits per heavy atom. The van der Waals surface area contributed by atoms with Crippen LogP contribution in [0.25, 0.3) is 74.7 Å². The van der Waals surface area contributed by atoms with E-state index < -0.39 is 0 Å². The monoisotopic (exact) mass is 653 g/mol. The van der Waals surface area contributed by atoms with Gasteiger partial charge in [0.25, 0.3) is 0 Å². The second-order valence-electron chi connectivity index (χ2n) is 12.9. The highest BCUT2D eigenvalue weighted by Crippen LogP contribution is 2.43. The lowest BCUT2D eigenvalue weighted by Crippen LogP contribution is -2.10. The Labute approximate surface area is 294 Å². The molecule has 9 aromatic carbocycles. The van der Waals surface area contributed by atoms with Crippen molar-refractivity contribution in [1.29, 1.82) is 0 Å². The van der Waals surface area contributed by atoms with Crippen molar-refractivity contribution < 1.29 is 0 Å². The van der Waals surface area contributed by atoms with Gasteiger partial charge >= 0.3 is 0 Å². The molecule has 0 atom stereocenters. The molecular formula is C48H31NS. The Morgan fingerprint density at radius 3 is 1.66 bits per heavy atom. The van der Waals surface area contributed by atoms with Gasteiger partial charge in [-0.25, -0.2) is 0 Å². The Bertz CT molecular complexity index is 2890. The van der Waals surface area contributed by atoms with Crippen molar-refractivity contribution in [3.8, 4) is 22.3 Å². The largest absolute Gasteiger partial charge is 0.310 e. The molecule has 2 heteroatoms. The van der Waals surface area contributed by atoms with Crippen LogP contribution in [0.3, 0.4) is 0 Å². The fourth-order valence-corrected chi connectivity index (χ4v) is 8.78. The van der Waals surface area contributed by atoms with E-state index in [0.29, 0.717) is 0 Å². The van der Waals surface area contributed by atoms with Gasteiger partial charge in [-0.2, -0.15) is 0 Å². The van der Waals surface area contributed by atoms with Crippen LogP contribution in [0.5, 0.6) is 0 Å². The first kappa shape index (κ1) is 28.8. The molecule has 0 saturated carbocycles. The summed E-state index contributed by atoms with van der Waals surface area (Å²) in [6.07, 6.45) is 0. The summed E-state index contributed by atoms with van der Waals surface area (Å²) < 4.78 is 2.62. The fraction of sp³-hybridized carbons (Fsp3) is 0. The van der Waals surface area contributed by atoms with Crippen LogP contribution in [-0.4, -0.2) is 0 Å². The van der Waals surface area contributed by atoms with Crippen LogP contribution in [0.2, 0.25) is 0 Å². The van der Waals surface area contributed by atoms with Gasteiger partial charge in [-0.05, 0) is 109 Å². The summed E-state index contributed by atoms with van der Waals surface area (Å²) in [7, 11) is 0. The smallest absolute Gasteiger partial charge is 0.0468 e. The van der Waals surface area contributed by atoms with E-state index in [1.54, 1.807) is 0 Å². The predicted octanol–water partition coefficient (Wildman–Crippen LogP) is 14.3. The van der Waals surface area contributed by atoms with Crippen molar-refractivity contribution in [2.75, 3.05) is 4.90 Å². The van der Waals surface area contributed by atoms with Crippen molar-refractivity contribution in [2.24, 2.45) is 0 Å². The molecule has 234 valence electrons. The molecule has 0 unspecified atom stereocenters. The van der Waals surface area contributed by atoms with Crippen LogP contribution in [0, 0.1) is 0 Å². The van der Waals surface area contributed by atoms with Crippen molar-refractivity contribution in [1.82, 2.24) is 0 Å². The van der Waals surface area contributed by atoms with E-state index in [-0.39, 0.29) is 0 Å². The molecule has 0 aliphatic carbocycles. The predicted molar refractivity (Wildman–Crippen MR) is 217 cm³/mol. The van der Waals surface area contributed by atoms with Gasteiger partial charge in [-0.15, -0.1) is 11.3 Å². The summed E-state index contributed by atoms with van der Waals surface area (Å²) in [6, 6.07) is 68.9. The zero-order chi connectivity index (χ0) is 33.0. The lowest BCUT2D eigenvalue weighted by molar-refractivity contribution is 1.29. The molecule has 0 amide bonds. The van der Waals surface area contributed by atoms with Crippen molar-refractivity contribution in [3.05, 3.63) is 188 Å². The van der Waals surface area contributed by atoms with Gasteiger partial charge in [0, 0.05) is 37.2 Å². The molecule has 0 spiro atoms. The topological polar surface area (TPSA) is 3.24 Å². The molecule has 0 N–H and O–H groups in total. The van der Waals surface area contributed by atoms with Crippen molar-refractivity contribution in [3.63, 3.8) is 0 Å². The summed E-state index contributed by atoms with van der Waals surface area (Å²) >= 11 is 1.86. The van der Waals surface area contributed by atoms with Gasteiger partial charge < -0.3 is 4.90 Å². The fourth-order valence-electron chi connectivity index (χ4n) is 7.70. The Hall–Kier alpha value is -6.22. The first-order valence-electron chi connectivity index (χ1n) is 17.1. The second kappa shape index (κ2) is 11.7. The maximum Gasteiger partial charge on any atom is 0.0468 e. The van der Waals surface area contributed by atoms with E-state index in [9.17, 15) is 0 Å². The van der Waals surface area contributed by atoms with E-state index in [1.165, 1.54) is 74.7 Å².